The van der Waals surface area contributed by atoms with Crippen LogP contribution >= 0.6 is 15.9 Å². The first-order chi connectivity index (χ1) is 13.3. The second-order valence-corrected chi connectivity index (χ2v) is 9.90. The van der Waals surface area contributed by atoms with Crippen molar-refractivity contribution < 1.29 is 17.6 Å². The molecule has 0 N–H and O–H groups in total. The molecule has 1 saturated heterocycles. The van der Waals surface area contributed by atoms with E-state index in [1.54, 1.807) is 24.3 Å². The SMILES string of the molecule is CC(=O)N1CCc2cc(Br)cc(S(=O)(=O)N3CCCC3c3ccccc3F)c21. The highest BCUT2D eigenvalue weighted by Gasteiger charge is 2.40. The molecule has 2 aromatic rings. The summed E-state index contributed by atoms with van der Waals surface area (Å²) in [5, 5.41) is 0. The van der Waals surface area contributed by atoms with Crippen molar-refractivity contribution in [2.45, 2.75) is 37.1 Å². The lowest BCUT2D eigenvalue weighted by atomic mass is 10.1. The van der Waals surface area contributed by atoms with Crippen molar-refractivity contribution in [1.29, 1.82) is 0 Å². The molecule has 2 aliphatic rings. The molecule has 1 unspecified atom stereocenters. The number of fused-ring (bicyclic) bond motifs is 1. The molecule has 4 rings (SSSR count). The molecule has 0 saturated carbocycles. The monoisotopic (exact) mass is 466 g/mol. The molecule has 0 radical (unpaired) electrons. The Hall–Kier alpha value is -1.77. The first-order valence-corrected chi connectivity index (χ1v) is 11.4. The fourth-order valence-corrected chi connectivity index (χ4v) is 6.79. The van der Waals surface area contributed by atoms with Gasteiger partial charge in [0.2, 0.25) is 15.9 Å². The summed E-state index contributed by atoms with van der Waals surface area (Å²) >= 11 is 3.40. The van der Waals surface area contributed by atoms with Crippen molar-refractivity contribution in [1.82, 2.24) is 4.31 Å². The predicted octanol–water partition coefficient (Wildman–Crippen LogP) is 4.02. The molecule has 0 bridgehead atoms. The Balaban J connectivity index is 1.84. The molecular weight excluding hydrogens is 447 g/mol. The number of rotatable bonds is 3. The minimum absolute atomic E-state index is 0.104. The van der Waals surface area contributed by atoms with E-state index in [1.807, 2.05) is 6.07 Å². The number of carbonyl (C=O) groups excluding carboxylic acids is 1. The van der Waals surface area contributed by atoms with E-state index in [1.165, 1.54) is 22.2 Å². The summed E-state index contributed by atoms with van der Waals surface area (Å²) in [6.07, 6.45) is 1.82. The Kier molecular flexibility index (Phi) is 5.05. The number of halogens is 2. The summed E-state index contributed by atoms with van der Waals surface area (Å²) in [6, 6.07) is 9.16. The third-order valence-corrected chi connectivity index (χ3v) is 7.81. The maximum Gasteiger partial charge on any atom is 0.245 e. The van der Waals surface area contributed by atoms with Crippen LogP contribution in [0.4, 0.5) is 10.1 Å². The molecule has 2 heterocycles. The summed E-state index contributed by atoms with van der Waals surface area (Å²) in [4.78, 5) is 13.7. The van der Waals surface area contributed by atoms with Crippen LogP contribution in [0.25, 0.3) is 0 Å². The lowest BCUT2D eigenvalue weighted by Crippen LogP contribution is -2.33. The first-order valence-electron chi connectivity index (χ1n) is 9.17. The van der Waals surface area contributed by atoms with Crippen LogP contribution in [0.2, 0.25) is 0 Å². The summed E-state index contributed by atoms with van der Waals surface area (Å²) in [7, 11) is -3.92. The normalized spacial score (nSPS) is 19.8. The number of sulfonamides is 1. The largest absolute Gasteiger partial charge is 0.311 e. The predicted molar refractivity (Wildman–Crippen MR) is 108 cm³/mol. The zero-order chi connectivity index (χ0) is 20.1. The first kappa shape index (κ1) is 19.5. The Labute approximate surface area is 172 Å². The molecule has 148 valence electrons. The van der Waals surface area contributed by atoms with E-state index in [-0.39, 0.29) is 10.8 Å². The van der Waals surface area contributed by atoms with Gasteiger partial charge in [-0.1, -0.05) is 34.1 Å². The maximum atomic E-state index is 14.4. The van der Waals surface area contributed by atoms with Crippen molar-refractivity contribution in [3.63, 3.8) is 0 Å². The van der Waals surface area contributed by atoms with Crippen molar-refractivity contribution in [2.75, 3.05) is 18.0 Å². The minimum Gasteiger partial charge on any atom is -0.311 e. The van der Waals surface area contributed by atoms with E-state index >= 15 is 0 Å². The zero-order valence-electron chi connectivity index (χ0n) is 15.4. The van der Waals surface area contributed by atoms with Gasteiger partial charge in [0, 0.05) is 30.0 Å². The molecule has 1 fully saturated rings. The number of hydrogen-bond donors (Lipinski definition) is 0. The van der Waals surface area contributed by atoms with Gasteiger partial charge in [-0.3, -0.25) is 4.79 Å². The molecule has 0 spiro atoms. The van der Waals surface area contributed by atoms with Crippen LogP contribution in [-0.2, 0) is 21.2 Å². The molecule has 1 amide bonds. The van der Waals surface area contributed by atoms with E-state index < -0.39 is 21.9 Å². The maximum absolute atomic E-state index is 14.4. The van der Waals surface area contributed by atoms with Crippen molar-refractivity contribution >= 4 is 37.5 Å². The summed E-state index contributed by atoms with van der Waals surface area (Å²) in [5.41, 5.74) is 1.67. The molecule has 8 heteroatoms. The Bertz CT molecular complexity index is 1060. The second-order valence-electron chi connectivity index (χ2n) is 7.13. The van der Waals surface area contributed by atoms with Gasteiger partial charge in [-0.15, -0.1) is 0 Å². The number of amides is 1. The van der Waals surface area contributed by atoms with Gasteiger partial charge < -0.3 is 4.90 Å². The van der Waals surface area contributed by atoms with Crippen LogP contribution in [0.3, 0.4) is 0 Å². The minimum atomic E-state index is -3.92. The van der Waals surface area contributed by atoms with E-state index in [4.69, 9.17) is 0 Å². The molecule has 2 aromatic carbocycles. The van der Waals surface area contributed by atoms with Crippen LogP contribution in [0, 0.1) is 5.82 Å². The fraction of sp³-hybridized carbons (Fsp3) is 0.350. The van der Waals surface area contributed by atoms with E-state index in [0.29, 0.717) is 48.1 Å². The average molecular weight is 467 g/mol. The Morgan fingerprint density at radius 1 is 1.21 bits per heavy atom. The number of hydrogen-bond acceptors (Lipinski definition) is 3. The molecule has 0 aliphatic carbocycles. The lowest BCUT2D eigenvalue weighted by molar-refractivity contribution is -0.116. The van der Waals surface area contributed by atoms with Crippen LogP contribution in [0.15, 0.2) is 45.8 Å². The lowest BCUT2D eigenvalue weighted by Gasteiger charge is -2.27. The third kappa shape index (κ3) is 3.17. The van der Waals surface area contributed by atoms with Crippen molar-refractivity contribution in [3.8, 4) is 0 Å². The van der Waals surface area contributed by atoms with Crippen LogP contribution in [0.1, 0.15) is 36.9 Å². The van der Waals surface area contributed by atoms with Gasteiger partial charge in [-0.05, 0) is 43.0 Å². The van der Waals surface area contributed by atoms with Crippen molar-refractivity contribution in [3.05, 3.63) is 57.8 Å². The number of carbonyl (C=O) groups is 1. The highest BCUT2D eigenvalue weighted by atomic mass is 79.9. The van der Waals surface area contributed by atoms with Gasteiger partial charge in [0.05, 0.1) is 11.7 Å². The van der Waals surface area contributed by atoms with Gasteiger partial charge >= 0.3 is 0 Å². The second kappa shape index (κ2) is 7.24. The van der Waals surface area contributed by atoms with Crippen molar-refractivity contribution in [2.24, 2.45) is 0 Å². The van der Waals surface area contributed by atoms with E-state index in [2.05, 4.69) is 15.9 Å². The number of anilines is 1. The Morgan fingerprint density at radius 2 is 1.96 bits per heavy atom. The van der Waals surface area contributed by atoms with Gasteiger partial charge in [0.1, 0.15) is 10.7 Å². The van der Waals surface area contributed by atoms with Gasteiger partial charge in [-0.2, -0.15) is 4.31 Å². The Morgan fingerprint density at radius 3 is 2.68 bits per heavy atom. The van der Waals surface area contributed by atoms with E-state index in [0.717, 1.165) is 5.56 Å². The molecule has 5 nitrogen and oxygen atoms in total. The summed E-state index contributed by atoms with van der Waals surface area (Å²) < 4.78 is 43.7. The van der Waals surface area contributed by atoms with Crippen LogP contribution in [-0.4, -0.2) is 31.7 Å². The smallest absolute Gasteiger partial charge is 0.245 e. The number of nitrogens with zero attached hydrogens (tertiary/aromatic N) is 2. The highest BCUT2D eigenvalue weighted by molar-refractivity contribution is 9.10. The highest BCUT2D eigenvalue weighted by Crippen LogP contribution is 2.43. The van der Waals surface area contributed by atoms with Gasteiger partial charge in [-0.25, -0.2) is 12.8 Å². The molecule has 1 atom stereocenters. The zero-order valence-corrected chi connectivity index (χ0v) is 17.8. The quantitative estimate of drug-likeness (QED) is 0.685. The standard InChI is InChI=1S/C20H20BrFN2O3S/c1-13(25)23-10-8-14-11-15(21)12-19(20(14)23)28(26,27)24-9-4-7-18(24)16-5-2-3-6-17(16)22/h2-3,5-6,11-12,18H,4,7-10H2,1H3. The van der Waals surface area contributed by atoms with Crippen LogP contribution < -0.4 is 4.90 Å². The fourth-order valence-electron chi connectivity index (χ4n) is 4.19. The third-order valence-electron chi connectivity index (χ3n) is 5.43. The van der Waals surface area contributed by atoms with Gasteiger partial charge in [0.15, 0.2) is 0 Å². The van der Waals surface area contributed by atoms with Gasteiger partial charge in [0.25, 0.3) is 0 Å². The topological polar surface area (TPSA) is 57.7 Å². The molecule has 2 aliphatic heterocycles. The number of benzene rings is 2. The average Bonchev–Trinajstić information content (AvgIpc) is 3.28. The summed E-state index contributed by atoms with van der Waals surface area (Å²) in [5.74, 6) is -0.593. The van der Waals surface area contributed by atoms with Crippen LogP contribution in [0.5, 0.6) is 0 Å². The molecule has 28 heavy (non-hydrogen) atoms. The molecular formula is C20H20BrFN2O3S. The van der Waals surface area contributed by atoms with E-state index in [9.17, 15) is 17.6 Å². The molecule has 0 aromatic heterocycles. The summed E-state index contributed by atoms with van der Waals surface area (Å²) in [6.45, 7) is 2.22.